The molecule has 4 heteroatoms. The van der Waals surface area contributed by atoms with Crippen molar-refractivity contribution in [1.82, 2.24) is 0 Å². The van der Waals surface area contributed by atoms with Gasteiger partial charge in [-0.25, -0.2) is 0 Å². The second kappa shape index (κ2) is 9.03. The predicted octanol–water partition coefficient (Wildman–Crippen LogP) is 5.71. The minimum absolute atomic E-state index is 0.0900. The van der Waals surface area contributed by atoms with Gasteiger partial charge in [0, 0.05) is 0 Å². The third kappa shape index (κ3) is 5.10. The molecule has 2 rings (SSSR count). The van der Waals surface area contributed by atoms with E-state index in [0.29, 0.717) is 35.5 Å². The maximum atomic E-state index is 11.7. The quantitative estimate of drug-likeness (QED) is 0.549. The normalized spacial score (nSPS) is 11.9. The molecule has 0 amide bonds. The maximum Gasteiger partial charge on any atom is 0.153 e. The third-order valence-electron chi connectivity index (χ3n) is 5.45. The summed E-state index contributed by atoms with van der Waals surface area (Å²) >= 11 is 0. The minimum Gasteiger partial charge on any atom is -0.496 e. The first-order valence-corrected chi connectivity index (χ1v) is 10.3. The summed E-state index contributed by atoms with van der Waals surface area (Å²) in [6, 6.07) is 8.04. The Morgan fingerprint density at radius 2 is 1.00 bits per heavy atom. The lowest BCUT2D eigenvalue weighted by Gasteiger charge is -2.24. The van der Waals surface area contributed by atoms with E-state index >= 15 is 0 Å². The number of ether oxygens (including phenoxy) is 2. The van der Waals surface area contributed by atoms with Crippen LogP contribution in [0, 0.1) is 0 Å². The fraction of sp³-hybridized carbons (Fsp3) is 0.462. The number of carbonyl (C=O) groups is 2. The molecule has 30 heavy (non-hydrogen) atoms. The highest BCUT2D eigenvalue weighted by Gasteiger charge is 2.22. The molecule has 0 aliphatic carbocycles. The molecule has 0 N–H and O–H groups in total. The molecule has 4 nitrogen and oxygen atoms in total. The molecule has 0 bridgehead atoms. The second-order valence-electron chi connectivity index (χ2n) is 9.75. The number of hydrogen-bond donors (Lipinski definition) is 0. The number of carbonyl (C=O) groups excluding carboxylic acids is 2. The van der Waals surface area contributed by atoms with Crippen LogP contribution in [0.4, 0.5) is 0 Å². The highest BCUT2D eigenvalue weighted by atomic mass is 16.5. The van der Waals surface area contributed by atoms with Crippen LogP contribution in [-0.4, -0.2) is 26.8 Å². The van der Waals surface area contributed by atoms with Crippen LogP contribution < -0.4 is 9.47 Å². The summed E-state index contributed by atoms with van der Waals surface area (Å²) in [5.74, 6) is 1.22. The van der Waals surface area contributed by atoms with Crippen LogP contribution in [0.15, 0.2) is 24.3 Å². The van der Waals surface area contributed by atoms with E-state index < -0.39 is 0 Å². The summed E-state index contributed by atoms with van der Waals surface area (Å²) < 4.78 is 11.2. The molecule has 0 aromatic heterocycles. The maximum absolute atomic E-state index is 11.7. The Morgan fingerprint density at radius 1 is 0.667 bits per heavy atom. The molecule has 0 heterocycles. The van der Waals surface area contributed by atoms with Gasteiger partial charge in [-0.05, 0) is 58.1 Å². The van der Waals surface area contributed by atoms with E-state index in [1.54, 1.807) is 14.2 Å². The Balaban J connectivity index is 2.55. The Labute approximate surface area is 180 Å². The van der Waals surface area contributed by atoms with Gasteiger partial charge in [-0.1, -0.05) is 53.7 Å². The summed E-state index contributed by atoms with van der Waals surface area (Å²) in [6.07, 6.45) is 3.03. The summed E-state index contributed by atoms with van der Waals surface area (Å²) in [4.78, 5) is 23.4. The van der Waals surface area contributed by atoms with Gasteiger partial charge in [0.05, 0.1) is 25.3 Å². The fourth-order valence-electron chi connectivity index (χ4n) is 3.61. The van der Waals surface area contributed by atoms with Crippen molar-refractivity contribution >= 4 is 12.6 Å². The van der Waals surface area contributed by atoms with Gasteiger partial charge in [0.25, 0.3) is 0 Å². The molecule has 0 aliphatic heterocycles. The van der Waals surface area contributed by atoms with Crippen molar-refractivity contribution in [2.45, 2.75) is 65.2 Å². The zero-order chi connectivity index (χ0) is 22.7. The third-order valence-corrected chi connectivity index (χ3v) is 5.45. The van der Waals surface area contributed by atoms with Gasteiger partial charge in [0.1, 0.15) is 11.5 Å². The van der Waals surface area contributed by atoms with Crippen LogP contribution in [0.3, 0.4) is 0 Å². The average molecular weight is 411 g/mol. The highest BCUT2D eigenvalue weighted by Crippen LogP contribution is 2.35. The van der Waals surface area contributed by atoms with Crippen molar-refractivity contribution in [2.75, 3.05) is 14.2 Å². The zero-order valence-corrected chi connectivity index (χ0v) is 19.5. The van der Waals surface area contributed by atoms with Crippen molar-refractivity contribution in [1.29, 1.82) is 0 Å². The van der Waals surface area contributed by atoms with Gasteiger partial charge in [0.2, 0.25) is 0 Å². The summed E-state index contributed by atoms with van der Waals surface area (Å²) in [5.41, 5.74) is 5.06. The van der Waals surface area contributed by atoms with E-state index in [4.69, 9.17) is 9.47 Å². The number of aryl methyl sites for hydroxylation is 2. The SMILES string of the molecule is COc1c(C=O)cc(C(C)(C)C)cc1CCc1cc(C(C)(C)C)cc(C=O)c1OC. The Kier molecular flexibility index (Phi) is 7.12. The smallest absolute Gasteiger partial charge is 0.153 e. The fourth-order valence-corrected chi connectivity index (χ4v) is 3.61. The first-order chi connectivity index (χ1) is 14.0. The number of aldehydes is 2. The Bertz CT molecular complexity index is 850. The van der Waals surface area contributed by atoms with Crippen molar-refractivity contribution in [3.63, 3.8) is 0 Å². The van der Waals surface area contributed by atoms with Crippen LogP contribution in [0.2, 0.25) is 0 Å². The lowest BCUT2D eigenvalue weighted by atomic mass is 9.83. The molecule has 0 atom stereocenters. The van der Waals surface area contributed by atoms with Crippen molar-refractivity contribution in [2.24, 2.45) is 0 Å². The zero-order valence-electron chi connectivity index (χ0n) is 19.5. The molecule has 0 fully saturated rings. The van der Waals surface area contributed by atoms with Crippen LogP contribution in [0.5, 0.6) is 11.5 Å². The molecule has 0 saturated carbocycles. The van der Waals surface area contributed by atoms with Crippen molar-refractivity contribution in [3.8, 4) is 11.5 Å². The van der Waals surface area contributed by atoms with Crippen molar-refractivity contribution in [3.05, 3.63) is 57.6 Å². The topological polar surface area (TPSA) is 52.6 Å². The summed E-state index contributed by atoms with van der Waals surface area (Å²) in [5, 5.41) is 0. The van der Waals surface area contributed by atoms with Gasteiger partial charge in [-0.15, -0.1) is 0 Å². The van der Waals surface area contributed by atoms with Gasteiger partial charge in [-0.2, -0.15) is 0 Å². The second-order valence-corrected chi connectivity index (χ2v) is 9.75. The van der Waals surface area contributed by atoms with Crippen LogP contribution in [0.1, 0.15) is 84.5 Å². The monoisotopic (exact) mass is 410 g/mol. The van der Waals surface area contributed by atoms with Gasteiger partial charge < -0.3 is 9.47 Å². The summed E-state index contributed by atoms with van der Waals surface area (Å²) in [7, 11) is 3.18. The lowest BCUT2D eigenvalue weighted by Crippen LogP contribution is -2.14. The van der Waals surface area contributed by atoms with Crippen LogP contribution in [-0.2, 0) is 23.7 Å². The number of hydrogen-bond acceptors (Lipinski definition) is 4. The Hall–Kier alpha value is -2.62. The number of rotatable bonds is 7. The average Bonchev–Trinajstić information content (AvgIpc) is 2.68. The predicted molar refractivity (Wildman–Crippen MR) is 122 cm³/mol. The molecule has 0 radical (unpaired) electrons. The molecule has 0 spiro atoms. The minimum atomic E-state index is -0.0900. The first kappa shape index (κ1) is 23.7. The molecule has 2 aromatic rings. The van der Waals surface area contributed by atoms with Gasteiger partial charge >= 0.3 is 0 Å². The summed E-state index contributed by atoms with van der Waals surface area (Å²) in [6.45, 7) is 12.7. The van der Waals surface area contributed by atoms with E-state index in [9.17, 15) is 9.59 Å². The van der Waals surface area contributed by atoms with E-state index in [1.165, 1.54) is 0 Å². The van der Waals surface area contributed by atoms with Crippen molar-refractivity contribution < 1.29 is 19.1 Å². The van der Waals surface area contributed by atoms with Gasteiger partial charge in [-0.3, -0.25) is 9.59 Å². The van der Waals surface area contributed by atoms with Crippen LogP contribution in [0.25, 0.3) is 0 Å². The molecule has 0 saturated heterocycles. The Morgan fingerprint density at radius 3 is 1.23 bits per heavy atom. The van der Waals surface area contributed by atoms with Crippen LogP contribution >= 0.6 is 0 Å². The lowest BCUT2D eigenvalue weighted by molar-refractivity contribution is 0.111. The largest absolute Gasteiger partial charge is 0.496 e. The number of benzene rings is 2. The molecule has 2 aromatic carbocycles. The number of methoxy groups -OCH3 is 2. The standard InChI is InChI=1S/C26H34O4/c1-25(2,3)21-11-17(23(29-7)19(13-21)15-27)9-10-18-12-22(26(4,5)6)14-20(16-28)24(18)30-8/h11-16H,9-10H2,1-8H3. The molecular formula is C26H34O4. The van der Waals surface area contributed by atoms with E-state index in [1.807, 2.05) is 12.1 Å². The first-order valence-electron chi connectivity index (χ1n) is 10.3. The van der Waals surface area contributed by atoms with E-state index in [0.717, 1.165) is 34.8 Å². The highest BCUT2D eigenvalue weighted by molar-refractivity contribution is 5.82. The molecule has 0 unspecified atom stereocenters. The van der Waals surface area contributed by atoms with E-state index in [2.05, 4.69) is 53.7 Å². The molecule has 162 valence electrons. The molecular weight excluding hydrogens is 376 g/mol. The van der Waals surface area contributed by atoms with Gasteiger partial charge in [0.15, 0.2) is 12.6 Å². The van der Waals surface area contributed by atoms with E-state index in [-0.39, 0.29) is 10.8 Å². The molecule has 0 aliphatic rings.